The molecule has 6 heteroatoms. The molecule has 0 radical (unpaired) electrons. The van der Waals surface area contributed by atoms with Gasteiger partial charge < -0.3 is 15.4 Å². The maximum Gasteiger partial charge on any atom is 0.262 e. The highest BCUT2D eigenvalue weighted by molar-refractivity contribution is 9.10. The molecule has 1 aromatic heterocycles. The molecular formula is C15H12BrN3O2. The molecule has 0 saturated heterocycles. The molecule has 2 aromatic carbocycles. The molecule has 0 aliphatic rings. The minimum Gasteiger partial charge on any atom is -0.507 e. The van der Waals surface area contributed by atoms with Gasteiger partial charge in [-0.1, -0.05) is 33.2 Å². The molecule has 106 valence electrons. The Balaban J connectivity index is 2.01. The summed E-state index contributed by atoms with van der Waals surface area (Å²) in [4.78, 5) is 4.31. The van der Waals surface area contributed by atoms with Crippen LogP contribution in [-0.2, 0) is 0 Å². The van der Waals surface area contributed by atoms with Crippen molar-refractivity contribution in [2.24, 2.45) is 0 Å². The van der Waals surface area contributed by atoms with Gasteiger partial charge in [0.2, 0.25) is 5.82 Å². The van der Waals surface area contributed by atoms with Crippen molar-refractivity contribution in [2.75, 3.05) is 5.73 Å². The van der Waals surface area contributed by atoms with Crippen LogP contribution in [0.25, 0.3) is 22.8 Å². The number of benzene rings is 2. The Morgan fingerprint density at radius 3 is 2.71 bits per heavy atom. The second-order valence-electron chi connectivity index (χ2n) is 4.66. The molecule has 3 rings (SSSR count). The third-order valence-electron chi connectivity index (χ3n) is 3.11. The molecule has 0 aliphatic carbocycles. The van der Waals surface area contributed by atoms with Gasteiger partial charge in [-0.3, -0.25) is 0 Å². The quantitative estimate of drug-likeness (QED) is 0.690. The van der Waals surface area contributed by atoms with E-state index in [1.54, 1.807) is 12.1 Å². The van der Waals surface area contributed by atoms with E-state index in [0.29, 0.717) is 17.1 Å². The van der Waals surface area contributed by atoms with Gasteiger partial charge >= 0.3 is 0 Å². The van der Waals surface area contributed by atoms with Crippen molar-refractivity contribution in [2.45, 2.75) is 6.92 Å². The van der Waals surface area contributed by atoms with Gasteiger partial charge in [0.1, 0.15) is 5.75 Å². The number of rotatable bonds is 2. The van der Waals surface area contributed by atoms with Crippen molar-refractivity contribution < 1.29 is 9.63 Å². The van der Waals surface area contributed by atoms with E-state index in [2.05, 4.69) is 26.1 Å². The van der Waals surface area contributed by atoms with E-state index in [0.717, 1.165) is 15.6 Å². The Morgan fingerprint density at radius 1 is 1.19 bits per heavy atom. The highest BCUT2D eigenvalue weighted by atomic mass is 79.9. The molecule has 3 N–H and O–H groups in total. The Labute approximate surface area is 129 Å². The standard InChI is InChI=1S/C15H12BrN3O2/c1-8-2-3-9(6-12(8)16)14-18-15(21-19-14)11-5-4-10(17)7-13(11)20/h2-7,20H,17H2,1H3. The van der Waals surface area contributed by atoms with Crippen LogP contribution in [0.2, 0.25) is 0 Å². The van der Waals surface area contributed by atoms with Gasteiger partial charge in [-0.15, -0.1) is 0 Å². The smallest absolute Gasteiger partial charge is 0.262 e. The van der Waals surface area contributed by atoms with Crippen molar-refractivity contribution in [1.29, 1.82) is 0 Å². The highest BCUT2D eigenvalue weighted by Gasteiger charge is 2.14. The zero-order valence-electron chi connectivity index (χ0n) is 11.2. The summed E-state index contributed by atoms with van der Waals surface area (Å²) in [5.74, 6) is 0.719. The molecule has 0 fully saturated rings. The number of nitrogens with two attached hydrogens (primary N) is 1. The molecule has 0 aliphatic heterocycles. The molecule has 3 aromatic rings. The number of nitrogens with zero attached hydrogens (tertiary/aromatic N) is 2. The first-order valence-electron chi connectivity index (χ1n) is 6.23. The van der Waals surface area contributed by atoms with Gasteiger partial charge in [0.15, 0.2) is 0 Å². The lowest BCUT2D eigenvalue weighted by molar-refractivity contribution is 0.426. The molecular weight excluding hydrogens is 334 g/mol. The van der Waals surface area contributed by atoms with Crippen LogP contribution in [0, 0.1) is 6.92 Å². The van der Waals surface area contributed by atoms with Crippen LogP contribution in [0.3, 0.4) is 0 Å². The zero-order valence-corrected chi connectivity index (χ0v) is 12.8. The number of nitrogen functional groups attached to an aromatic ring is 1. The normalized spacial score (nSPS) is 10.8. The van der Waals surface area contributed by atoms with Crippen LogP contribution in [0.4, 0.5) is 5.69 Å². The largest absolute Gasteiger partial charge is 0.507 e. The number of aryl methyl sites for hydroxylation is 1. The maximum absolute atomic E-state index is 9.89. The summed E-state index contributed by atoms with van der Waals surface area (Å²) in [7, 11) is 0. The molecule has 1 heterocycles. The third kappa shape index (κ3) is 2.62. The van der Waals surface area contributed by atoms with E-state index in [1.165, 1.54) is 6.07 Å². The number of aromatic nitrogens is 2. The highest BCUT2D eigenvalue weighted by Crippen LogP contribution is 2.31. The Bertz CT molecular complexity index is 814. The van der Waals surface area contributed by atoms with Gasteiger partial charge in [-0.2, -0.15) is 4.98 Å². The van der Waals surface area contributed by atoms with Crippen molar-refractivity contribution in [1.82, 2.24) is 10.1 Å². The number of anilines is 1. The van der Waals surface area contributed by atoms with Crippen molar-refractivity contribution in [3.05, 3.63) is 46.4 Å². The number of phenolic OH excluding ortho intramolecular Hbond substituents is 1. The first-order chi connectivity index (χ1) is 10.0. The molecule has 5 nitrogen and oxygen atoms in total. The van der Waals surface area contributed by atoms with Crippen molar-refractivity contribution >= 4 is 21.6 Å². The first kappa shape index (κ1) is 13.6. The third-order valence-corrected chi connectivity index (χ3v) is 3.96. The minimum absolute atomic E-state index is 0.00952. The molecule has 0 amide bonds. The number of phenols is 1. The van der Waals surface area contributed by atoms with Crippen LogP contribution in [0.1, 0.15) is 5.56 Å². The van der Waals surface area contributed by atoms with Gasteiger partial charge in [-0.25, -0.2) is 0 Å². The van der Waals surface area contributed by atoms with Gasteiger partial charge in [-0.05, 0) is 30.7 Å². The van der Waals surface area contributed by atoms with Crippen molar-refractivity contribution in [3.63, 3.8) is 0 Å². The number of hydrogen-bond acceptors (Lipinski definition) is 5. The van der Waals surface area contributed by atoms with E-state index in [4.69, 9.17) is 10.3 Å². The summed E-state index contributed by atoms with van der Waals surface area (Å²) >= 11 is 3.47. The van der Waals surface area contributed by atoms with Crippen LogP contribution >= 0.6 is 15.9 Å². The summed E-state index contributed by atoms with van der Waals surface area (Å²) in [6.45, 7) is 2.00. The number of aromatic hydroxyl groups is 1. The number of halogens is 1. The predicted octanol–water partition coefficient (Wildman–Crippen LogP) is 3.76. The average molecular weight is 346 g/mol. The predicted molar refractivity (Wildman–Crippen MR) is 83.7 cm³/mol. The molecule has 0 spiro atoms. The fourth-order valence-electron chi connectivity index (χ4n) is 1.91. The maximum atomic E-state index is 9.89. The Hall–Kier alpha value is -2.34. The molecule has 0 saturated carbocycles. The Kier molecular flexibility index (Phi) is 3.39. The second kappa shape index (κ2) is 5.21. The van der Waals surface area contributed by atoms with Crippen molar-refractivity contribution in [3.8, 4) is 28.6 Å². The number of hydrogen-bond donors (Lipinski definition) is 2. The van der Waals surface area contributed by atoms with E-state index in [9.17, 15) is 5.11 Å². The van der Waals surface area contributed by atoms with Crippen LogP contribution in [0.5, 0.6) is 5.75 Å². The lowest BCUT2D eigenvalue weighted by atomic mass is 10.1. The lowest BCUT2D eigenvalue weighted by Gasteiger charge is -2.00. The topological polar surface area (TPSA) is 85.2 Å². The van der Waals surface area contributed by atoms with Gasteiger partial charge in [0.25, 0.3) is 5.89 Å². The summed E-state index contributed by atoms with van der Waals surface area (Å²) in [5.41, 5.74) is 8.48. The molecule has 0 bridgehead atoms. The monoisotopic (exact) mass is 345 g/mol. The SMILES string of the molecule is Cc1ccc(-c2noc(-c3ccc(N)cc3O)n2)cc1Br. The Morgan fingerprint density at radius 2 is 2.00 bits per heavy atom. The second-order valence-corrected chi connectivity index (χ2v) is 5.52. The molecule has 0 unspecified atom stereocenters. The van der Waals surface area contributed by atoms with Crippen LogP contribution < -0.4 is 5.73 Å². The van der Waals surface area contributed by atoms with Crippen LogP contribution in [0.15, 0.2) is 45.4 Å². The fraction of sp³-hybridized carbons (Fsp3) is 0.0667. The molecule has 21 heavy (non-hydrogen) atoms. The van der Waals surface area contributed by atoms with E-state index in [1.807, 2.05) is 25.1 Å². The summed E-state index contributed by atoms with van der Waals surface area (Å²) in [6, 6.07) is 10.6. The lowest BCUT2D eigenvalue weighted by Crippen LogP contribution is -1.86. The average Bonchev–Trinajstić information content (AvgIpc) is 2.91. The van der Waals surface area contributed by atoms with Gasteiger partial charge in [0, 0.05) is 21.8 Å². The van der Waals surface area contributed by atoms with Gasteiger partial charge in [0.05, 0.1) is 5.56 Å². The first-order valence-corrected chi connectivity index (χ1v) is 7.03. The van der Waals surface area contributed by atoms with E-state index in [-0.39, 0.29) is 11.6 Å². The zero-order chi connectivity index (χ0) is 15.0. The summed E-state index contributed by atoms with van der Waals surface area (Å²) in [6.07, 6.45) is 0. The van der Waals surface area contributed by atoms with E-state index < -0.39 is 0 Å². The summed E-state index contributed by atoms with van der Waals surface area (Å²) in [5, 5.41) is 13.8. The van der Waals surface area contributed by atoms with E-state index >= 15 is 0 Å². The fourth-order valence-corrected chi connectivity index (χ4v) is 2.29. The van der Waals surface area contributed by atoms with Crippen LogP contribution in [-0.4, -0.2) is 15.2 Å². The molecule has 0 atom stereocenters. The minimum atomic E-state index is 0.00952. The summed E-state index contributed by atoms with van der Waals surface area (Å²) < 4.78 is 6.19.